The fourth-order valence-corrected chi connectivity index (χ4v) is 7.88. The van der Waals surface area contributed by atoms with Crippen LogP contribution in [0.5, 0.6) is 0 Å². The monoisotopic (exact) mass is 784 g/mol. The molecule has 0 radical (unpaired) electrons. The summed E-state index contributed by atoms with van der Waals surface area (Å²) in [4.78, 5) is 86.9. The first kappa shape index (κ1) is 45.0. The number of hydrogen-bond donors (Lipinski definition) is 3. The lowest BCUT2D eigenvalue weighted by atomic mass is 9.92. The van der Waals surface area contributed by atoms with Crippen molar-refractivity contribution >= 4 is 46.9 Å². The van der Waals surface area contributed by atoms with E-state index in [1.54, 1.807) is 12.3 Å². The van der Waals surface area contributed by atoms with Crippen LogP contribution < -0.4 is 16.4 Å². The highest BCUT2D eigenvalue weighted by atomic mass is 32.1. The van der Waals surface area contributed by atoms with Gasteiger partial charge in [-0.1, -0.05) is 77.8 Å². The standard InChI is InChI=1S/C40H60N6O8S/c1-9-25(4)35(44-37(50)31-17-13-14-18-45(31)7)39(51)46(22-34(41)48)32(24(2)3)21-33(54-27(6)47)38-43-30(23-55-38)36(49)42-29(19-26(5)40(52)53-8)20-28-15-11-10-12-16-28/h10-12,15-16,23-26,29,31-33,35H,9,13-14,17-22H2,1-8H3,(H2,41,48)(H,42,49)(H,44,50). The van der Waals surface area contributed by atoms with Crippen molar-refractivity contribution in [1.82, 2.24) is 25.4 Å². The summed E-state index contributed by atoms with van der Waals surface area (Å²) < 4.78 is 10.7. The third kappa shape index (κ3) is 13.4. The molecule has 1 saturated heterocycles. The van der Waals surface area contributed by atoms with Gasteiger partial charge in [0.2, 0.25) is 17.7 Å². The first-order chi connectivity index (χ1) is 26.1. The quantitative estimate of drug-likeness (QED) is 0.165. The van der Waals surface area contributed by atoms with Gasteiger partial charge in [0.25, 0.3) is 5.91 Å². The van der Waals surface area contributed by atoms with Gasteiger partial charge in [0.1, 0.15) is 16.7 Å². The zero-order chi connectivity index (χ0) is 40.8. The van der Waals surface area contributed by atoms with Crippen LogP contribution in [0.3, 0.4) is 0 Å². The number of carbonyl (C=O) groups excluding carboxylic acids is 6. The van der Waals surface area contributed by atoms with Crippen LogP contribution in [0.2, 0.25) is 0 Å². The van der Waals surface area contributed by atoms with Crippen LogP contribution in [0.15, 0.2) is 35.7 Å². The Morgan fingerprint density at radius 3 is 2.31 bits per heavy atom. The topological polar surface area (TPSA) is 190 Å². The fourth-order valence-electron chi connectivity index (χ4n) is 7.04. The number of esters is 2. The average molecular weight is 785 g/mol. The predicted octanol–water partition coefficient (Wildman–Crippen LogP) is 4.03. The Bertz CT molecular complexity index is 1600. The molecule has 1 aromatic heterocycles. The summed E-state index contributed by atoms with van der Waals surface area (Å²) in [6.07, 6.45) is 3.04. The van der Waals surface area contributed by atoms with Crippen molar-refractivity contribution in [1.29, 1.82) is 0 Å². The molecule has 0 saturated carbocycles. The molecule has 0 spiro atoms. The van der Waals surface area contributed by atoms with Crippen molar-refractivity contribution in [3.8, 4) is 0 Å². The SMILES string of the molecule is CCC(C)C(NC(=O)C1CCCCN1C)C(=O)N(CC(N)=O)C(CC(OC(C)=O)c1nc(C(=O)NC(Cc2ccccc2)CC(C)C(=O)OC)cs1)C(C)C. The number of likely N-dealkylation sites (N-methyl/N-ethyl adjacent to an activating group) is 1. The average Bonchev–Trinajstić information content (AvgIpc) is 3.64. The highest BCUT2D eigenvalue weighted by Crippen LogP contribution is 2.32. The Morgan fingerprint density at radius 1 is 1.04 bits per heavy atom. The van der Waals surface area contributed by atoms with Crippen molar-refractivity contribution < 1.29 is 38.2 Å². The van der Waals surface area contributed by atoms with E-state index in [4.69, 9.17) is 15.2 Å². The van der Waals surface area contributed by atoms with E-state index in [0.717, 1.165) is 36.3 Å². The number of methoxy groups -OCH3 is 1. The van der Waals surface area contributed by atoms with Gasteiger partial charge in [-0.3, -0.25) is 33.7 Å². The molecule has 4 N–H and O–H groups in total. The van der Waals surface area contributed by atoms with Crippen LogP contribution in [0.25, 0.3) is 0 Å². The summed E-state index contributed by atoms with van der Waals surface area (Å²) in [6.45, 7) is 10.9. The molecule has 7 atom stereocenters. The van der Waals surface area contributed by atoms with Gasteiger partial charge in [0, 0.05) is 30.8 Å². The van der Waals surface area contributed by atoms with Gasteiger partial charge in [0.05, 0.1) is 25.6 Å². The highest BCUT2D eigenvalue weighted by Gasteiger charge is 2.39. The second kappa shape index (κ2) is 21.6. The molecular weight excluding hydrogens is 725 g/mol. The Balaban J connectivity index is 1.91. The zero-order valence-electron chi connectivity index (χ0n) is 33.5. The molecule has 7 unspecified atom stereocenters. The number of nitrogens with zero attached hydrogens (tertiary/aromatic N) is 3. The lowest BCUT2D eigenvalue weighted by Crippen LogP contribution is -2.59. The Hall–Kier alpha value is -4.37. The number of nitrogens with one attached hydrogen (secondary N) is 2. The molecule has 55 heavy (non-hydrogen) atoms. The Morgan fingerprint density at radius 2 is 1.73 bits per heavy atom. The lowest BCUT2D eigenvalue weighted by molar-refractivity contribution is -0.150. The minimum Gasteiger partial charge on any atom is -0.469 e. The molecule has 14 nitrogen and oxygen atoms in total. The smallest absolute Gasteiger partial charge is 0.308 e. The van der Waals surface area contributed by atoms with Crippen LogP contribution >= 0.6 is 11.3 Å². The molecule has 304 valence electrons. The normalized spacial score (nSPS) is 17.9. The number of likely N-dealkylation sites (tertiary alicyclic amines) is 1. The van der Waals surface area contributed by atoms with Crippen LogP contribution in [-0.4, -0.2) is 102 Å². The van der Waals surface area contributed by atoms with E-state index in [2.05, 4.69) is 15.6 Å². The summed E-state index contributed by atoms with van der Waals surface area (Å²) in [5.41, 5.74) is 6.80. The molecular formula is C40H60N6O8S. The van der Waals surface area contributed by atoms with Crippen molar-refractivity contribution in [3.63, 3.8) is 0 Å². The number of rotatable bonds is 20. The predicted molar refractivity (Wildman–Crippen MR) is 210 cm³/mol. The number of ether oxygens (including phenoxy) is 2. The number of amides is 4. The van der Waals surface area contributed by atoms with E-state index < -0.39 is 60.4 Å². The highest BCUT2D eigenvalue weighted by molar-refractivity contribution is 7.09. The molecule has 2 heterocycles. The van der Waals surface area contributed by atoms with Crippen LogP contribution in [0, 0.1) is 17.8 Å². The number of benzene rings is 1. The molecule has 3 rings (SSSR count). The number of carbonyl (C=O) groups is 6. The second-order valence-corrected chi connectivity index (χ2v) is 15.9. The number of thiazole rings is 1. The number of piperidine rings is 1. The molecule has 1 fully saturated rings. The molecule has 1 aliphatic rings. The van der Waals surface area contributed by atoms with Crippen LogP contribution in [0.1, 0.15) is 107 Å². The first-order valence-electron chi connectivity index (χ1n) is 19.2. The minimum atomic E-state index is -0.980. The molecule has 15 heteroatoms. The number of hydrogen-bond acceptors (Lipinski definition) is 11. The zero-order valence-corrected chi connectivity index (χ0v) is 34.4. The number of nitrogens with two attached hydrogens (primary N) is 1. The lowest BCUT2D eigenvalue weighted by Gasteiger charge is -2.39. The van der Waals surface area contributed by atoms with E-state index >= 15 is 0 Å². The molecule has 0 aliphatic carbocycles. The maximum Gasteiger partial charge on any atom is 0.308 e. The summed E-state index contributed by atoms with van der Waals surface area (Å²) in [7, 11) is 3.22. The van der Waals surface area contributed by atoms with Crippen molar-refractivity contribution in [3.05, 3.63) is 52.0 Å². The third-order valence-electron chi connectivity index (χ3n) is 10.3. The summed E-state index contributed by atoms with van der Waals surface area (Å²) >= 11 is 1.13. The van der Waals surface area contributed by atoms with Gasteiger partial charge in [-0.05, 0) is 56.7 Å². The largest absolute Gasteiger partial charge is 0.469 e. The second-order valence-electron chi connectivity index (χ2n) is 15.0. The minimum absolute atomic E-state index is 0.0463. The fraction of sp³-hybridized carbons (Fsp3) is 0.625. The van der Waals surface area contributed by atoms with Crippen molar-refractivity contribution in [2.24, 2.45) is 23.5 Å². The molecule has 1 aromatic carbocycles. The molecule has 4 amide bonds. The van der Waals surface area contributed by atoms with Gasteiger partial charge < -0.3 is 30.7 Å². The van der Waals surface area contributed by atoms with E-state index in [0.29, 0.717) is 30.7 Å². The number of aromatic nitrogens is 1. The maximum absolute atomic E-state index is 14.5. The van der Waals surface area contributed by atoms with E-state index in [-0.39, 0.29) is 41.9 Å². The summed E-state index contributed by atoms with van der Waals surface area (Å²) in [5.74, 6) is -3.86. The third-order valence-corrected chi connectivity index (χ3v) is 11.3. The Labute approximate surface area is 329 Å². The van der Waals surface area contributed by atoms with Crippen LogP contribution in [0.4, 0.5) is 0 Å². The Kier molecular flexibility index (Phi) is 17.7. The molecule has 2 aromatic rings. The molecule has 0 bridgehead atoms. The first-order valence-corrected chi connectivity index (χ1v) is 20.1. The summed E-state index contributed by atoms with van der Waals surface area (Å²) in [5, 5.41) is 7.92. The summed E-state index contributed by atoms with van der Waals surface area (Å²) in [6, 6.07) is 7.19. The van der Waals surface area contributed by atoms with Crippen molar-refractivity contribution in [2.75, 3.05) is 27.2 Å². The van der Waals surface area contributed by atoms with Crippen molar-refractivity contribution in [2.45, 2.75) is 117 Å². The van der Waals surface area contributed by atoms with E-state index in [1.165, 1.54) is 18.9 Å². The van der Waals surface area contributed by atoms with Gasteiger partial charge in [0.15, 0.2) is 6.10 Å². The van der Waals surface area contributed by atoms with Gasteiger partial charge in [-0.15, -0.1) is 11.3 Å². The van der Waals surface area contributed by atoms with Gasteiger partial charge in [-0.2, -0.15) is 0 Å². The van der Waals surface area contributed by atoms with E-state index in [9.17, 15) is 28.8 Å². The maximum atomic E-state index is 14.5. The van der Waals surface area contributed by atoms with E-state index in [1.807, 2.05) is 70.0 Å². The van der Waals surface area contributed by atoms with Crippen LogP contribution in [-0.2, 0) is 39.9 Å². The van der Waals surface area contributed by atoms with Gasteiger partial charge in [-0.25, -0.2) is 4.98 Å². The van der Waals surface area contributed by atoms with Gasteiger partial charge >= 0.3 is 11.9 Å². The number of primary amides is 1. The molecule has 1 aliphatic heterocycles.